The van der Waals surface area contributed by atoms with Gasteiger partial charge >= 0.3 is 0 Å². The minimum absolute atomic E-state index is 0.237. The second kappa shape index (κ2) is 7.13. The van der Waals surface area contributed by atoms with Gasteiger partial charge in [-0.15, -0.1) is 0 Å². The van der Waals surface area contributed by atoms with Gasteiger partial charge < -0.3 is 10.7 Å². The van der Waals surface area contributed by atoms with E-state index in [1.54, 1.807) is 35.0 Å². The number of nitrogens with two attached hydrogens (primary N) is 1. The van der Waals surface area contributed by atoms with E-state index in [0.29, 0.717) is 33.4 Å². The van der Waals surface area contributed by atoms with Crippen LogP contribution in [-0.4, -0.2) is 24.5 Å². The Balaban J connectivity index is 1.68. The summed E-state index contributed by atoms with van der Waals surface area (Å²) >= 11 is 6.03. The fraction of sp³-hybridized carbons (Fsp3) is 0. The summed E-state index contributed by atoms with van der Waals surface area (Å²) in [5, 5.41) is 0.587. The highest BCUT2D eigenvalue weighted by Gasteiger charge is 2.16. The van der Waals surface area contributed by atoms with Crippen molar-refractivity contribution < 1.29 is 0 Å². The standard InChI is InChI=1S/C22H15ClN6O/c23-15-5-8-17(9-6-15)29-21(28-20-19(22(29)30)26-12-27-20)14-3-1-13(2-4-14)18-10-7-16(24)11-25-18/h1-12H,24H2,(H,26,27). The lowest BCUT2D eigenvalue weighted by Gasteiger charge is -2.13. The number of aromatic amines is 1. The molecule has 0 aliphatic carbocycles. The summed E-state index contributed by atoms with van der Waals surface area (Å²) in [4.78, 5) is 29.2. The third-order valence-electron chi connectivity index (χ3n) is 4.77. The molecule has 3 heterocycles. The van der Waals surface area contributed by atoms with Crippen LogP contribution in [0.5, 0.6) is 0 Å². The molecule has 3 N–H and O–H groups in total. The zero-order valence-electron chi connectivity index (χ0n) is 15.6. The normalized spacial score (nSPS) is 11.1. The second-order valence-electron chi connectivity index (χ2n) is 6.71. The SMILES string of the molecule is Nc1ccc(-c2ccc(-c3nc4nc[nH]c4c(=O)n3-c3ccc(Cl)cc3)cc2)nc1. The van der Waals surface area contributed by atoms with Gasteiger partial charge in [0.1, 0.15) is 5.82 Å². The number of hydrogen-bond acceptors (Lipinski definition) is 5. The first-order valence-electron chi connectivity index (χ1n) is 9.14. The lowest BCUT2D eigenvalue weighted by atomic mass is 10.1. The molecule has 0 saturated carbocycles. The summed E-state index contributed by atoms with van der Waals surface area (Å²) in [6.07, 6.45) is 3.08. The summed E-state index contributed by atoms with van der Waals surface area (Å²) in [6.45, 7) is 0. The van der Waals surface area contributed by atoms with Gasteiger partial charge in [0, 0.05) is 16.1 Å². The minimum atomic E-state index is -0.237. The highest BCUT2D eigenvalue weighted by molar-refractivity contribution is 6.30. The number of nitrogen functional groups attached to an aromatic ring is 1. The molecule has 7 nitrogen and oxygen atoms in total. The fourth-order valence-electron chi connectivity index (χ4n) is 3.28. The Labute approximate surface area is 175 Å². The van der Waals surface area contributed by atoms with Crippen LogP contribution in [-0.2, 0) is 0 Å². The van der Waals surface area contributed by atoms with E-state index in [2.05, 4.69) is 19.9 Å². The average Bonchev–Trinajstić information content (AvgIpc) is 3.24. The van der Waals surface area contributed by atoms with Crippen LogP contribution in [0.25, 0.3) is 39.5 Å². The molecule has 3 aromatic heterocycles. The molecule has 2 aromatic carbocycles. The first-order chi connectivity index (χ1) is 14.6. The van der Waals surface area contributed by atoms with Crippen LogP contribution in [0.2, 0.25) is 5.02 Å². The maximum absolute atomic E-state index is 13.2. The summed E-state index contributed by atoms with van der Waals surface area (Å²) < 4.78 is 1.55. The van der Waals surface area contributed by atoms with E-state index in [0.717, 1.165) is 16.8 Å². The molecule has 8 heteroatoms. The monoisotopic (exact) mass is 414 g/mol. The number of aromatic nitrogens is 5. The largest absolute Gasteiger partial charge is 0.397 e. The number of nitrogens with zero attached hydrogens (tertiary/aromatic N) is 4. The van der Waals surface area contributed by atoms with E-state index < -0.39 is 0 Å². The molecule has 0 aliphatic heterocycles. The minimum Gasteiger partial charge on any atom is -0.397 e. The van der Waals surface area contributed by atoms with Crippen molar-refractivity contribution in [3.8, 4) is 28.3 Å². The number of halogens is 1. The van der Waals surface area contributed by atoms with Gasteiger partial charge in [-0.25, -0.2) is 9.97 Å². The quantitative estimate of drug-likeness (QED) is 0.463. The molecule has 0 aliphatic rings. The smallest absolute Gasteiger partial charge is 0.284 e. The van der Waals surface area contributed by atoms with Crippen LogP contribution in [0.15, 0.2) is 78.0 Å². The lowest BCUT2D eigenvalue weighted by molar-refractivity contribution is 0.970. The Bertz CT molecular complexity index is 1400. The van der Waals surface area contributed by atoms with Crippen molar-refractivity contribution in [2.24, 2.45) is 0 Å². The van der Waals surface area contributed by atoms with Crippen LogP contribution < -0.4 is 11.3 Å². The number of anilines is 1. The molecule has 0 amide bonds. The van der Waals surface area contributed by atoms with Crippen molar-refractivity contribution in [3.63, 3.8) is 0 Å². The Morgan fingerprint density at radius 3 is 2.33 bits per heavy atom. The van der Waals surface area contributed by atoms with Crippen molar-refractivity contribution in [3.05, 3.63) is 88.6 Å². The van der Waals surface area contributed by atoms with Crippen molar-refractivity contribution in [2.75, 3.05) is 5.73 Å². The predicted molar refractivity (Wildman–Crippen MR) is 118 cm³/mol. The molecule has 0 unspecified atom stereocenters. The van der Waals surface area contributed by atoms with Crippen LogP contribution in [0, 0.1) is 0 Å². The first kappa shape index (κ1) is 18.1. The zero-order chi connectivity index (χ0) is 20.7. The fourth-order valence-corrected chi connectivity index (χ4v) is 3.40. The number of imidazole rings is 1. The van der Waals surface area contributed by atoms with Gasteiger partial charge in [0.25, 0.3) is 5.56 Å². The molecule has 0 spiro atoms. The maximum Gasteiger partial charge on any atom is 0.284 e. The summed E-state index contributed by atoms with van der Waals surface area (Å²) in [5.74, 6) is 0.485. The van der Waals surface area contributed by atoms with E-state index in [9.17, 15) is 4.79 Å². The van der Waals surface area contributed by atoms with E-state index >= 15 is 0 Å². The van der Waals surface area contributed by atoms with Crippen LogP contribution in [0.1, 0.15) is 0 Å². The van der Waals surface area contributed by atoms with Crippen molar-refractivity contribution in [2.45, 2.75) is 0 Å². The average molecular weight is 415 g/mol. The molecule has 0 saturated heterocycles. The molecule has 30 heavy (non-hydrogen) atoms. The van der Waals surface area contributed by atoms with Crippen LogP contribution in [0.4, 0.5) is 5.69 Å². The maximum atomic E-state index is 13.2. The van der Waals surface area contributed by atoms with E-state index in [4.69, 9.17) is 17.3 Å². The van der Waals surface area contributed by atoms with Gasteiger partial charge in [-0.3, -0.25) is 14.3 Å². The third kappa shape index (κ3) is 3.11. The van der Waals surface area contributed by atoms with Crippen molar-refractivity contribution in [1.82, 2.24) is 24.5 Å². The number of fused-ring (bicyclic) bond motifs is 1. The van der Waals surface area contributed by atoms with E-state index in [1.165, 1.54) is 6.33 Å². The van der Waals surface area contributed by atoms with Crippen LogP contribution in [0.3, 0.4) is 0 Å². The molecule has 5 aromatic rings. The number of hydrogen-bond donors (Lipinski definition) is 2. The second-order valence-corrected chi connectivity index (χ2v) is 7.14. The van der Waals surface area contributed by atoms with Gasteiger partial charge in [-0.1, -0.05) is 35.9 Å². The first-order valence-corrected chi connectivity index (χ1v) is 9.52. The molecular weight excluding hydrogens is 400 g/mol. The number of benzene rings is 2. The molecule has 0 bridgehead atoms. The highest BCUT2D eigenvalue weighted by Crippen LogP contribution is 2.25. The Morgan fingerprint density at radius 2 is 1.63 bits per heavy atom. The van der Waals surface area contributed by atoms with Gasteiger partial charge in [-0.05, 0) is 36.4 Å². The van der Waals surface area contributed by atoms with Gasteiger partial charge in [0.15, 0.2) is 11.2 Å². The van der Waals surface area contributed by atoms with E-state index in [-0.39, 0.29) is 5.56 Å². The van der Waals surface area contributed by atoms with Gasteiger partial charge in [0.05, 0.1) is 29.6 Å². The molecule has 146 valence electrons. The Morgan fingerprint density at radius 1 is 0.900 bits per heavy atom. The molecule has 0 radical (unpaired) electrons. The molecule has 0 atom stereocenters. The number of nitrogens with one attached hydrogen (secondary N) is 1. The van der Waals surface area contributed by atoms with E-state index in [1.807, 2.05) is 36.4 Å². The molecule has 5 rings (SSSR count). The Hall–Kier alpha value is -3.97. The summed E-state index contributed by atoms with van der Waals surface area (Å²) in [6, 6.07) is 18.4. The predicted octanol–water partition coefficient (Wildman–Crippen LogP) is 4.07. The van der Waals surface area contributed by atoms with Gasteiger partial charge in [-0.2, -0.15) is 0 Å². The molecular formula is C22H15ClN6O. The third-order valence-corrected chi connectivity index (χ3v) is 5.02. The van der Waals surface area contributed by atoms with Crippen molar-refractivity contribution >= 4 is 28.5 Å². The van der Waals surface area contributed by atoms with Gasteiger partial charge in [0.2, 0.25) is 0 Å². The lowest BCUT2D eigenvalue weighted by Crippen LogP contribution is -2.22. The summed E-state index contributed by atoms with van der Waals surface area (Å²) in [5.41, 5.74) is 9.97. The zero-order valence-corrected chi connectivity index (χ0v) is 16.3. The summed E-state index contributed by atoms with van der Waals surface area (Å²) in [7, 11) is 0. The highest BCUT2D eigenvalue weighted by atomic mass is 35.5. The van der Waals surface area contributed by atoms with Crippen LogP contribution >= 0.6 is 11.6 Å². The number of rotatable bonds is 3. The number of H-pyrrole nitrogens is 1. The topological polar surface area (TPSA) is 102 Å². The van der Waals surface area contributed by atoms with Crippen molar-refractivity contribution in [1.29, 1.82) is 0 Å². The Kier molecular flexibility index (Phi) is 4.30. The molecule has 0 fully saturated rings. The number of pyridine rings is 1.